The van der Waals surface area contributed by atoms with Crippen molar-refractivity contribution < 1.29 is 37.6 Å². The lowest BCUT2D eigenvalue weighted by Crippen LogP contribution is -2.62. The van der Waals surface area contributed by atoms with Gasteiger partial charge in [0.1, 0.15) is 0 Å². The first kappa shape index (κ1) is 23.3. The molecule has 1 fully saturated rings. The second kappa shape index (κ2) is 10.8. The summed E-state index contributed by atoms with van der Waals surface area (Å²) in [6.45, 7) is 1.22. The molecule has 168 valence electrons. The number of alkyl halides is 2. The molecule has 0 spiro atoms. The van der Waals surface area contributed by atoms with E-state index in [0.717, 1.165) is 18.1 Å². The summed E-state index contributed by atoms with van der Waals surface area (Å²) < 4.78 is 50.7. The van der Waals surface area contributed by atoms with Crippen LogP contribution in [0.2, 0.25) is 0 Å². The average molecular weight is 436 g/mol. The largest absolute Gasteiger partial charge is 0.455 e. The average Bonchev–Trinajstić information content (AvgIpc) is 2.75. The van der Waals surface area contributed by atoms with Crippen molar-refractivity contribution in [3.8, 4) is 0 Å². The maximum atomic E-state index is 14.6. The van der Waals surface area contributed by atoms with E-state index in [2.05, 4.69) is 0 Å². The van der Waals surface area contributed by atoms with Gasteiger partial charge in [-0.1, -0.05) is 60.7 Å². The van der Waals surface area contributed by atoms with E-state index in [1.54, 1.807) is 0 Å². The first-order chi connectivity index (χ1) is 14.9. The molecule has 1 aliphatic heterocycles. The standard InChI is InChI=1S/C23H26F2O6/c1-16(26)30-21-19(14-28-12-17-8-4-2-5-9-17)20(31-22(27)23(21,24)25)15-29-13-18-10-6-3-7-11-18/h2-11,19-22,27H,12-15H2,1H3/t19-,20-,21+,22+/m1/s1. The molecule has 1 saturated heterocycles. The Morgan fingerprint density at radius 1 is 0.968 bits per heavy atom. The van der Waals surface area contributed by atoms with Crippen molar-refractivity contribution in [3.63, 3.8) is 0 Å². The molecule has 1 N–H and O–H groups in total. The van der Waals surface area contributed by atoms with Crippen LogP contribution >= 0.6 is 0 Å². The molecule has 1 aliphatic rings. The molecule has 0 aromatic heterocycles. The van der Waals surface area contributed by atoms with Gasteiger partial charge in [0.15, 0.2) is 6.10 Å². The molecule has 0 radical (unpaired) electrons. The number of carbonyl (C=O) groups excluding carboxylic acids is 1. The Labute approximate surface area is 179 Å². The van der Waals surface area contributed by atoms with Crippen LogP contribution < -0.4 is 0 Å². The molecule has 3 rings (SSSR count). The molecule has 4 atom stereocenters. The monoisotopic (exact) mass is 436 g/mol. The van der Waals surface area contributed by atoms with Gasteiger partial charge in [-0.3, -0.25) is 4.79 Å². The Balaban J connectivity index is 1.70. The molecule has 2 aromatic rings. The van der Waals surface area contributed by atoms with E-state index < -0.39 is 36.3 Å². The Kier molecular flexibility index (Phi) is 8.09. The van der Waals surface area contributed by atoms with E-state index in [1.165, 1.54) is 0 Å². The van der Waals surface area contributed by atoms with Gasteiger partial charge in [-0.25, -0.2) is 0 Å². The van der Waals surface area contributed by atoms with Crippen LogP contribution in [0.15, 0.2) is 60.7 Å². The molecule has 0 unspecified atom stereocenters. The van der Waals surface area contributed by atoms with E-state index in [9.17, 15) is 18.7 Å². The number of esters is 1. The van der Waals surface area contributed by atoms with Crippen molar-refractivity contribution >= 4 is 5.97 Å². The molecule has 0 aliphatic carbocycles. The van der Waals surface area contributed by atoms with Crippen LogP contribution in [0.25, 0.3) is 0 Å². The summed E-state index contributed by atoms with van der Waals surface area (Å²) in [5.41, 5.74) is 1.77. The highest BCUT2D eigenvalue weighted by Gasteiger charge is 2.60. The van der Waals surface area contributed by atoms with Crippen LogP contribution in [0.3, 0.4) is 0 Å². The van der Waals surface area contributed by atoms with E-state index >= 15 is 0 Å². The quantitative estimate of drug-likeness (QED) is 0.608. The molecule has 1 heterocycles. The third-order valence-electron chi connectivity index (χ3n) is 4.99. The number of halogens is 2. The molecule has 31 heavy (non-hydrogen) atoms. The first-order valence-corrected chi connectivity index (χ1v) is 10.00. The Morgan fingerprint density at radius 2 is 1.48 bits per heavy atom. The van der Waals surface area contributed by atoms with E-state index in [0.29, 0.717) is 0 Å². The molecular weight excluding hydrogens is 410 g/mol. The number of carbonyl (C=O) groups is 1. The maximum absolute atomic E-state index is 14.6. The van der Waals surface area contributed by atoms with Gasteiger partial charge in [-0.2, -0.15) is 8.78 Å². The number of rotatable bonds is 9. The smallest absolute Gasteiger partial charge is 0.334 e. The van der Waals surface area contributed by atoms with Crippen LogP contribution in [-0.2, 0) is 37.0 Å². The summed E-state index contributed by atoms with van der Waals surface area (Å²) in [6.07, 6.45) is -5.29. The second-order valence-corrected chi connectivity index (χ2v) is 7.40. The summed E-state index contributed by atoms with van der Waals surface area (Å²) in [4.78, 5) is 11.5. The first-order valence-electron chi connectivity index (χ1n) is 10.00. The Morgan fingerprint density at radius 3 is 2.00 bits per heavy atom. The van der Waals surface area contributed by atoms with Gasteiger partial charge in [-0.05, 0) is 11.1 Å². The fourth-order valence-electron chi connectivity index (χ4n) is 3.43. The van der Waals surface area contributed by atoms with Gasteiger partial charge in [0.2, 0.25) is 6.29 Å². The van der Waals surface area contributed by atoms with Crippen molar-refractivity contribution in [2.75, 3.05) is 13.2 Å². The van der Waals surface area contributed by atoms with Gasteiger partial charge in [-0.15, -0.1) is 0 Å². The van der Waals surface area contributed by atoms with Gasteiger partial charge >= 0.3 is 11.9 Å². The third-order valence-corrected chi connectivity index (χ3v) is 4.99. The molecule has 8 heteroatoms. The third kappa shape index (κ3) is 6.30. The lowest BCUT2D eigenvalue weighted by Gasteiger charge is -2.43. The van der Waals surface area contributed by atoms with Gasteiger partial charge < -0.3 is 24.1 Å². The summed E-state index contributed by atoms with van der Waals surface area (Å²) in [6, 6.07) is 18.6. The van der Waals surface area contributed by atoms with Gasteiger partial charge in [0.25, 0.3) is 0 Å². The highest BCUT2D eigenvalue weighted by molar-refractivity contribution is 5.66. The van der Waals surface area contributed by atoms with Crippen molar-refractivity contribution in [2.45, 2.75) is 44.6 Å². The summed E-state index contributed by atoms with van der Waals surface area (Å²) in [5.74, 6) is -5.71. The Hall–Kier alpha value is -2.39. The number of ether oxygens (including phenoxy) is 4. The predicted octanol–water partition coefficient (Wildman–Crippen LogP) is 3.32. The highest BCUT2D eigenvalue weighted by Crippen LogP contribution is 2.39. The van der Waals surface area contributed by atoms with Crippen LogP contribution in [0.1, 0.15) is 18.1 Å². The van der Waals surface area contributed by atoms with Crippen molar-refractivity contribution in [3.05, 3.63) is 71.8 Å². The fraction of sp³-hybridized carbons (Fsp3) is 0.435. The topological polar surface area (TPSA) is 74.2 Å². The van der Waals surface area contributed by atoms with E-state index in [-0.39, 0.29) is 26.4 Å². The number of hydrogen-bond donors (Lipinski definition) is 1. The summed E-state index contributed by atoms with van der Waals surface area (Å²) >= 11 is 0. The van der Waals surface area contributed by atoms with Crippen molar-refractivity contribution in [1.82, 2.24) is 0 Å². The van der Waals surface area contributed by atoms with Crippen LogP contribution in [0, 0.1) is 5.92 Å². The van der Waals surface area contributed by atoms with Gasteiger partial charge in [0, 0.05) is 6.92 Å². The van der Waals surface area contributed by atoms with Crippen molar-refractivity contribution in [2.24, 2.45) is 5.92 Å². The normalized spacial score (nSPS) is 25.2. The van der Waals surface area contributed by atoms with Gasteiger partial charge in [0.05, 0.1) is 38.4 Å². The van der Waals surface area contributed by atoms with Crippen LogP contribution in [0.5, 0.6) is 0 Å². The van der Waals surface area contributed by atoms with E-state index in [1.807, 2.05) is 60.7 Å². The molecule has 0 saturated carbocycles. The molecule has 0 amide bonds. The number of benzene rings is 2. The molecule has 2 aromatic carbocycles. The zero-order chi connectivity index (χ0) is 22.3. The minimum atomic E-state index is -3.79. The van der Waals surface area contributed by atoms with E-state index in [4.69, 9.17) is 18.9 Å². The molecule has 0 bridgehead atoms. The lowest BCUT2D eigenvalue weighted by atomic mass is 9.88. The van der Waals surface area contributed by atoms with Crippen LogP contribution in [-0.4, -0.2) is 48.7 Å². The second-order valence-electron chi connectivity index (χ2n) is 7.40. The highest BCUT2D eigenvalue weighted by atomic mass is 19.3. The predicted molar refractivity (Wildman–Crippen MR) is 107 cm³/mol. The molecule has 6 nitrogen and oxygen atoms in total. The minimum Gasteiger partial charge on any atom is -0.455 e. The number of aliphatic hydroxyl groups excluding tert-OH is 1. The summed E-state index contributed by atoms with van der Waals surface area (Å²) in [7, 11) is 0. The zero-order valence-corrected chi connectivity index (χ0v) is 17.2. The lowest BCUT2D eigenvalue weighted by molar-refractivity contribution is -0.343. The number of hydrogen-bond acceptors (Lipinski definition) is 6. The maximum Gasteiger partial charge on any atom is 0.334 e. The Bertz CT molecular complexity index is 817. The molecular formula is C23H26F2O6. The fourth-order valence-corrected chi connectivity index (χ4v) is 3.43. The zero-order valence-electron chi connectivity index (χ0n) is 17.2. The van der Waals surface area contributed by atoms with Crippen LogP contribution in [0.4, 0.5) is 8.78 Å². The van der Waals surface area contributed by atoms with Crippen molar-refractivity contribution in [1.29, 1.82) is 0 Å². The summed E-state index contributed by atoms with van der Waals surface area (Å²) in [5, 5.41) is 9.87. The SMILES string of the molecule is CC(=O)O[C@H]1[C@H](COCc2ccccc2)[C@@H](COCc2ccccc2)O[C@H](O)C1(F)F. The number of aliphatic hydroxyl groups is 1. The minimum absolute atomic E-state index is 0.0842.